The van der Waals surface area contributed by atoms with Gasteiger partial charge in [-0.25, -0.2) is 0 Å². The van der Waals surface area contributed by atoms with Crippen molar-refractivity contribution in [2.45, 2.75) is 39.5 Å². The highest BCUT2D eigenvalue weighted by atomic mass is 16.6. The summed E-state index contributed by atoms with van der Waals surface area (Å²) in [5.41, 5.74) is 5.44. The molecule has 0 fully saturated rings. The Hall–Kier alpha value is -3.67. The van der Waals surface area contributed by atoms with Crippen LogP contribution in [0.3, 0.4) is 0 Å². The Morgan fingerprint density at radius 1 is 1.12 bits per heavy atom. The van der Waals surface area contributed by atoms with Gasteiger partial charge in [0.15, 0.2) is 17.3 Å². The normalized spacial score (nSPS) is 18.9. The molecule has 0 saturated heterocycles. The van der Waals surface area contributed by atoms with E-state index in [4.69, 9.17) is 9.47 Å². The summed E-state index contributed by atoms with van der Waals surface area (Å²) in [5, 5.41) is 4.57. The number of fused-ring (bicyclic) bond motifs is 3. The molecule has 1 atom stereocenters. The van der Waals surface area contributed by atoms with Crippen LogP contribution in [0.2, 0.25) is 0 Å². The van der Waals surface area contributed by atoms with Crippen molar-refractivity contribution in [1.82, 2.24) is 4.98 Å². The highest BCUT2D eigenvalue weighted by molar-refractivity contribution is 6.04. The van der Waals surface area contributed by atoms with E-state index in [9.17, 15) is 9.59 Å². The van der Waals surface area contributed by atoms with Crippen LogP contribution in [0, 0.1) is 5.41 Å². The van der Waals surface area contributed by atoms with E-state index in [2.05, 4.69) is 24.1 Å². The molecule has 1 aliphatic carbocycles. The summed E-state index contributed by atoms with van der Waals surface area (Å²) in [5.74, 6) is 0.251. The number of ketones is 1. The maximum atomic E-state index is 13.5. The highest BCUT2D eigenvalue weighted by Gasteiger charge is 2.41. The molecule has 0 unspecified atom stereocenters. The van der Waals surface area contributed by atoms with E-state index >= 15 is 0 Å². The predicted molar refractivity (Wildman–Crippen MR) is 127 cm³/mol. The molecule has 3 aromatic rings. The van der Waals surface area contributed by atoms with Gasteiger partial charge in [0.1, 0.15) is 0 Å². The summed E-state index contributed by atoms with van der Waals surface area (Å²) in [6, 6.07) is 13.5. The molecule has 2 heterocycles. The molecule has 168 valence electrons. The van der Waals surface area contributed by atoms with Gasteiger partial charge >= 0.3 is 5.97 Å². The minimum atomic E-state index is -0.417. The van der Waals surface area contributed by atoms with Crippen molar-refractivity contribution in [3.05, 3.63) is 71.1 Å². The summed E-state index contributed by atoms with van der Waals surface area (Å²) in [4.78, 5) is 29.6. The molecule has 2 aliphatic rings. The number of esters is 1. The first-order chi connectivity index (χ1) is 15.8. The van der Waals surface area contributed by atoms with Crippen molar-refractivity contribution in [2.75, 3.05) is 12.4 Å². The maximum absolute atomic E-state index is 13.5. The lowest BCUT2D eigenvalue weighted by molar-refractivity contribution is -0.132. The van der Waals surface area contributed by atoms with Crippen LogP contribution in [0.4, 0.5) is 5.69 Å². The lowest BCUT2D eigenvalue weighted by atomic mass is 9.68. The molecular weight excluding hydrogens is 416 g/mol. The number of hydrogen-bond donors (Lipinski definition) is 1. The number of allylic oxidation sites excluding steroid dienone is 2. The molecule has 0 radical (unpaired) electrons. The third-order valence-electron chi connectivity index (χ3n) is 6.38. The summed E-state index contributed by atoms with van der Waals surface area (Å²) in [6.45, 7) is 5.61. The third kappa shape index (κ3) is 3.65. The molecule has 2 aromatic carbocycles. The average molecular weight is 443 g/mol. The van der Waals surface area contributed by atoms with Crippen molar-refractivity contribution in [1.29, 1.82) is 0 Å². The topological polar surface area (TPSA) is 77.5 Å². The van der Waals surface area contributed by atoms with Crippen molar-refractivity contribution in [3.63, 3.8) is 0 Å². The van der Waals surface area contributed by atoms with Crippen LogP contribution in [0.15, 0.2) is 59.9 Å². The molecule has 0 spiro atoms. The monoisotopic (exact) mass is 442 g/mol. The lowest BCUT2D eigenvalue weighted by Crippen LogP contribution is -2.34. The van der Waals surface area contributed by atoms with Crippen LogP contribution in [-0.2, 0) is 9.59 Å². The van der Waals surface area contributed by atoms with Crippen LogP contribution in [0.1, 0.15) is 50.7 Å². The Balaban J connectivity index is 1.77. The van der Waals surface area contributed by atoms with Crippen molar-refractivity contribution in [3.8, 4) is 11.5 Å². The van der Waals surface area contributed by atoms with Gasteiger partial charge in [-0.05, 0) is 53.3 Å². The number of hydrogen-bond acceptors (Lipinski definition) is 6. The molecule has 1 aliphatic heterocycles. The third-order valence-corrected chi connectivity index (χ3v) is 6.38. The van der Waals surface area contributed by atoms with E-state index in [0.29, 0.717) is 17.9 Å². The largest absolute Gasteiger partial charge is 0.493 e. The number of ether oxygens (including phenoxy) is 2. The van der Waals surface area contributed by atoms with Gasteiger partial charge in [0, 0.05) is 47.8 Å². The Morgan fingerprint density at radius 3 is 2.70 bits per heavy atom. The average Bonchev–Trinajstić information content (AvgIpc) is 2.76. The fourth-order valence-corrected chi connectivity index (χ4v) is 5.12. The zero-order valence-electron chi connectivity index (χ0n) is 19.2. The number of nitrogens with zero attached hydrogens (tertiary/aromatic N) is 1. The standard InChI is InChI=1S/C27H26N2O4/c1-15(30)33-22-10-7-16(12-23(22)32-4)24-25-17-6-5-11-28-18(17)8-9-19(25)29-20-13-27(2,3)14-21(31)26(20)24/h5-12,24,29H,13-14H2,1-4H3/t24-/m0/s1. The second kappa shape index (κ2) is 7.73. The minimum absolute atomic E-state index is 0.111. The number of carbonyl (C=O) groups excluding carboxylic acids is 2. The Kier molecular flexibility index (Phi) is 4.96. The van der Waals surface area contributed by atoms with E-state index < -0.39 is 5.97 Å². The van der Waals surface area contributed by atoms with E-state index in [1.165, 1.54) is 6.92 Å². The molecule has 0 saturated carbocycles. The summed E-state index contributed by atoms with van der Waals surface area (Å²) in [7, 11) is 1.54. The summed E-state index contributed by atoms with van der Waals surface area (Å²) >= 11 is 0. The van der Waals surface area contributed by atoms with Gasteiger partial charge in [0.2, 0.25) is 0 Å². The van der Waals surface area contributed by atoms with Crippen LogP contribution >= 0.6 is 0 Å². The van der Waals surface area contributed by atoms with Gasteiger partial charge in [-0.15, -0.1) is 0 Å². The number of carbonyl (C=O) groups is 2. The van der Waals surface area contributed by atoms with Crippen LogP contribution in [0.5, 0.6) is 11.5 Å². The second-order valence-electron chi connectivity index (χ2n) is 9.49. The van der Waals surface area contributed by atoms with E-state index in [-0.39, 0.29) is 17.1 Å². The summed E-state index contributed by atoms with van der Waals surface area (Å²) in [6.07, 6.45) is 3.05. The molecule has 5 rings (SSSR count). The molecule has 1 aromatic heterocycles. The van der Waals surface area contributed by atoms with Gasteiger partial charge in [-0.3, -0.25) is 14.6 Å². The van der Waals surface area contributed by atoms with Gasteiger partial charge < -0.3 is 14.8 Å². The lowest BCUT2D eigenvalue weighted by Gasteiger charge is -2.40. The molecule has 33 heavy (non-hydrogen) atoms. The maximum Gasteiger partial charge on any atom is 0.308 e. The number of benzene rings is 2. The number of pyridine rings is 1. The number of methoxy groups -OCH3 is 1. The number of Topliss-reactive ketones (excluding diaryl/α,β-unsaturated/α-hetero) is 1. The van der Waals surface area contributed by atoms with E-state index in [1.807, 2.05) is 36.4 Å². The van der Waals surface area contributed by atoms with Crippen molar-refractivity contribution < 1.29 is 19.1 Å². The fourth-order valence-electron chi connectivity index (χ4n) is 5.12. The predicted octanol–water partition coefficient (Wildman–Crippen LogP) is 5.37. The van der Waals surface area contributed by atoms with Gasteiger partial charge in [0.25, 0.3) is 0 Å². The zero-order chi connectivity index (χ0) is 23.3. The first-order valence-corrected chi connectivity index (χ1v) is 11.0. The van der Waals surface area contributed by atoms with E-state index in [1.54, 1.807) is 19.4 Å². The smallest absolute Gasteiger partial charge is 0.308 e. The Morgan fingerprint density at radius 2 is 1.94 bits per heavy atom. The number of rotatable bonds is 3. The number of nitrogens with one attached hydrogen (secondary N) is 1. The number of aromatic nitrogens is 1. The highest BCUT2D eigenvalue weighted by Crippen LogP contribution is 2.51. The molecular formula is C27H26N2O4. The van der Waals surface area contributed by atoms with Gasteiger partial charge in [-0.1, -0.05) is 26.0 Å². The molecule has 1 N–H and O–H groups in total. The van der Waals surface area contributed by atoms with Crippen LogP contribution in [0.25, 0.3) is 10.9 Å². The van der Waals surface area contributed by atoms with Crippen molar-refractivity contribution >= 4 is 28.3 Å². The Labute approximate surface area is 192 Å². The first-order valence-electron chi connectivity index (χ1n) is 11.0. The fraction of sp³-hybridized carbons (Fsp3) is 0.296. The molecule has 0 amide bonds. The second-order valence-corrected chi connectivity index (χ2v) is 9.49. The minimum Gasteiger partial charge on any atom is -0.493 e. The van der Waals surface area contributed by atoms with Gasteiger partial charge in [-0.2, -0.15) is 0 Å². The molecule has 6 nitrogen and oxygen atoms in total. The zero-order valence-corrected chi connectivity index (χ0v) is 19.2. The van der Waals surface area contributed by atoms with Gasteiger partial charge in [0.05, 0.1) is 12.6 Å². The number of anilines is 1. The van der Waals surface area contributed by atoms with E-state index in [0.717, 1.165) is 45.4 Å². The first kappa shape index (κ1) is 21.2. The molecule has 0 bridgehead atoms. The van der Waals surface area contributed by atoms with Crippen molar-refractivity contribution in [2.24, 2.45) is 5.41 Å². The quantitative estimate of drug-likeness (QED) is 0.434. The SMILES string of the molecule is COc1cc([C@@H]2C3=C(CC(C)(C)CC3=O)Nc3ccc4ncccc4c32)ccc1OC(C)=O. The van der Waals surface area contributed by atoms with Crippen LogP contribution < -0.4 is 14.8 Å². The van der Waals surface area contributed by atoms with Crippen LogP contribution in [-0.4, -0.2) is 23.8 Å². The summed E-state index contributed by atoms with van der Waals surface area (Å²) < 4.78 is 10.9. The Bertz CT molecular complexity index is 1340. The molecule has 6 heteroatoms.